The fraction of sp³-hybridized carbons (Fsp3) is 0.125. The van der Waals surface area contributed by atoms with Gasteiger partial charge in [-0.25, -0.2) is 0 Å². The van der Waals surface area contributed by atoms with Crippen LogP contribution in [-0.2, 0) is 13.1 Å². The molecule has 0 spiro atoms. The Morgan fingerprint density at radius 3 is 2.22 bits per heavy atom. The largest absolute Gasteiger partial charge is 0.288 e. The Morgan fingerprint density at radius 2 is 1.48 bits per heavy atom. The first-order valence-electron chi connectivity index (χ1n) is 6.63. The number of aliphatic imine (C=N–C) groups is 2. The Labute approximate surface area is 165 Å². The normalized spacial score (nSPS) is 14.0. The number of hydrogen-bond acceptors (Lipinski definition) is 2. The zero-order valence-corrected chi connectivity index (χ0v) is 17.0. The number of rotatable bonds is 0. The molecule has 0 radical (unpaired) electrons. The van der Waals surface area contributed by atoms with Crippen molar-refractivity contribution in [2.24, 2.45) is 9.98 Å². The topological polar surface area (TPSA) is 24.7 Å². The lowest BCUT2D eigenvalue weighted by Crippen LogP contribution is -1.91. The molecular formula is C16H9Br2Cl3N2. The first-order chi connectivity index (χ1) is 11.0. The van der Waals surface area contributed by atoms with Gasteiger partial charge in [0.2, 0.25) is 0 Å². The van der Waals surface area contributed by atoms with E-state index in [-0.39, 0.29) is 0 Å². The van der Waals surface area contributed by atoms with Gasteiger partial charge in [0.15, 0.2) is 0 Å². The molecule has 0 unspecified atom stereocenters. The van der Waals surface area contributed by atoms with Crippen molar-refractivity contribution >= 4 is 78.0 Å². The van der Waals surface area contributed by atoms with E-state index in [1.54, 1.807) is 0 Å². The van der Waals surface area contributed by atoms with Crippen molar-refractivity contribution < 1.29 is 0 Å². The van der Waals surface area contributed by atoms with Crippen molar-refractivity contribution in [3.05, 3.63) is 65.5 Å². The van der Waals surface area contributed by atoms with Crippen LogP contribution in [0.4, 0.5) is 0 Å². The predicted octanol–water partition coefficient (Wildman–Crippen LogP) is 6.64. The maximum Gasteiger partial charge on any atom is 0.133 e. The molecule has 2 nitrogen and oxygen atoms in total. The van der Waals surface area contributed by atoms with Gasteiger partial charge in [-0.2, -0.15) is 0 Å². The van der Waals surface area contributed by atoms with Crippen molar-refractivity contribution in [1.29, 1.82) is 0 Å². The number of nitrogens with zero attached hydrogens (tertiary/aromatic N) is 2. The molecule has 2 aliphatic heterocycles. The van der Waals surface area contributed by atoms with E-state index < -0.39 is 0 Å². The average Bonchev–Trinajstić information content (AvgIpc) is 3.15. The zero-order chi connectivity index (χ0) is 16.6. The van der Waals surface area contributed by atoms with Gasteiger partial charge in [0, 0.05) is 26.3 Å². The third-order valence-electron chi connectivity index (χ3n) is 3.48. The van der Waals surface area contributed by atoms with Crippen LogP contribution in [0.3, 0.4) is 0 Å². The fourth-order valence-corrected chi connectivity index (χ4v) is 3.81. The van der Waals surface area contributed by atoms with Gasteiger partial charge < -0.3 is 0 Å². The second-order valence-corrected chi connectivity index (χ2v) is 7.73. The van der Waals surface area contributed by atoms with Crippen LogP contribution in [0, 0.1) is 0 Å². The summed E-state index contributed by atoms with van der Waals surface area (Å²) in [6, 6.07) is 7.88. The summed E-state index contributed by atoms with van der Waals surface area (Å²) in [6.45, 7) is 1.41. The highest BCUT2D eigenvalue weighted by atomic mass is 79.9. The Hall–Kier alpha value is -0.390. The lowest BCUT2D eigenvalue weighted by Gasteiger charge is -2.02. The van der Waals surface area contributed by atoms with Gasteiger partial charge in [-0.1, -0.05) is 46.9 Å². The molecule has 0 bridgehead atoms. The molecule has 4 rings (SSSR count). The minimum absolute atomic E-state index is 0.510. The molecule has 0 amide bonds. The SMILES string of the molecule is ClC1=NCc2ccc(Br)c(Cl)c21.Clc1c(Br)ccc2c1C=NC2. The number of benzene rings is 2. The lowest BCUT2D eigenvalue weighted by molar-refractivity contribution is 1.11. The Bertz CT molecular complexity index is 848. The molecule has 0 aliphatic carbocycles. The number of halogens is 5. The van der Waals surface area contributed by atoms with Crippen LogP contribution in [0.15, 0.2) is 43.2 Å². The van der Waals surface area contributed by atoms with Crippen molar-refractivity contribution in [3.63, 3.8) is 0 Å². The van der Waals surface area contributed by atoms with Gasteiger partial charge in [0.1, 0.15) is 5.17 Å². The quantitative estimate of drug-likeness (QED) is 0.392. The summed E-state index contributed by atoms with van der Waals surface area (Å²) in [5, 5.41) is 1.93. The Morgan fingerprint density at radius 1 is 0.826 bits per heavy atom. The van der Waals surface area contributed by atoms with E-state index in [0.717, 1.165) is 37.2 Å². The van der Waals surface area contributed by atoms with Gasteiger partial charge >= 0.3 is 0 Å². The molecule has 118 valence electrons. The third-order valence-corrected chi connectivity index (χ3v) is 6.37. The Balaban J connectivity index is 0.000000136. The van der Waals surface area contributed by atoms with Crippen molar-refractivity contribution in [3.8, 4) is 0 Å². The highest BCUT2D eigenvalue weighted by Gasteiger charge is 2.18. The van der Waals surface area contributed by atoms with Crippen LogP contribution >= 0.6 is 66.7 Å². The third kappa shape index (κ3) is 3.52. The van der Waals surface area contributed by atoms with Gasteiger partial charge in [-0.05, 0) is 55.1 Å². The summed E-state index contributed by atoms with van der Waals surface area (Å²) >= 11 is 24.6. The smallest absolute Gasteiger partial charge is 0.133 e. The maximum atomic E-state index is 6.02. The summed E-state index contributed by atoms with van der Waals surface area (Å²) in [6.07, 6.45) is 1.82. The van der Waals surface area contributed by atoms with E-state index in [2.05, 4.69) is 41.8 Å². The molecule has 2 aromatic rings. The molecule has 0 saturated heterocycles. The van der Waals surface area contributed by atoms with Crippen LogP contribution in [0.1, 0.15) is 22.3 Å². The van der Waals surface area contributed by atoms with Gasteiger partial charge in [0.25, 0.3) is 0 Å². The van der Waals surface area contributed by atoms with Crippen LogP contribution in [0.5, 0.6) is 0 Å². The first-order valence-corrected chi connectivity index (χ1v) is 9.35. The van der Waals surface area contributed by atoms with E-state index >= 15 is 0 Å². The van der Waals surface area contributed by atoms with Crippen molar-refractivity contribution in [2.75, 3.05) is 0 Å². The molecular weight excluding hydrogens is 486 g/mol. The number of fused-ring (bicyclic) bond motifs is 2. The van der Waals surface area contributed by atoms with Gasteiger partial charge in [-0.3, -0.25) is 9.98 Å². The van der Waals surface area contributed by atoms with E-state index in [4.69, 9.17) is 34.8 Å². The standard InChI is InChI=1S/C8H4BrCl2N.C8H5BrClN/c9-5-2-1-4-3-12-8(11)6(4)7(5)10;9-7-2-1-5-3-11-4-6(5)8(7)10/h1-2H,3H2;1-2,4H,3H2. The molecule has 0 atom stereocenters. The van der Waals surface area contributed by atoms with Crippen LogP contribution in [0.25, 0.3) is 0 Å². The molecule has 0 fully saturated rings. The fourth-order valence-electron chi connectivity index (χ4n) is 2.30. The lowest BCUT2D eigenvalue weighted by atomic mass is 10.1. The van der Waals surface area contributed by atoms with Gasteiger partial charge in [-0.15, -0.1) is 0 Å². The maximum absolute atomic E-state index is 6.02. The number of hydrogen-bond donors (Lipinski definition) is 0. The molecule has 0 saturated carbocycles. The highest BCUT2D eigenvalue weighted by molar-refractivity contribution is 9.10. The molecule has 23 heavy (non-hydrogen) atoms. The Kier molecular flexibility index (Phi) is 5.49. The minimum atomic E-state index is 0.510. The second-order valence-electron chi connectivity index (χ2n) is 4.91. The average molecular weight is 495 g/mol. The van der Waals surface area contributed by atoms with Crippen LogP contribution in [-0.4, -0.2) is 11.4 Å². The monoisotopic (exact) mass is 492 g/mol. The van der Waals surface area contributed by atoms with E-state index in [9.17, 15) is 0 Å². The van der Waals surface area contributed by atoms with E-state index in [0.29, 0.717) is 16.7 Å². The summed E-state index contributed by atoms with van der Waals surface area (Å²) in [7, 11) is 0. The van der Waals surface area contributed by atoms with Crippen molar-refractivity contribution in [2.45, 2.75) is 13.1 Å². The highest BCUT2D eigenvalue weighted by Crippen LogP contribution is 2.33. The van der Waals surface area contributed by atoms with Crippen LogP contribution in [0.2, 0.25) is 10.0 Å². The molecule has 0 aromatic heterocycles. The molecule has 2 aliphatic rings. The molecule has 7 heteroatoms. The summed E-state index contributed by atoms with van der Waals surface area (Å²) in [5.41, 5.74) is 4.22. The predicted molar refractivity (Wildman–Crippen MR) is 106 cm³/mol. The molecule has 2 aromatic carbocycles. The second kappa shape index (κ2) is 7.24. The zero-order valence-electron chi connectivity index (χ0n) is 11.6. The van der Waals surface area contributed by atoms with Crippen LogP contribution < -0.4 is 0 Å². The van der Waals surface area contributed by atoms with E-state index in [1.165, 1.54) is 5.56 Å². The van der Waals surface area contributed by atoms with E-state index in [1.807, 2.05) is 30.5 Å². The minimum Gasteiger partial charge on any atom is -0.288 e. The summed E-state index contributed by atoms with van der Waals surface area (Å²) in [4.78, 5) is 8.21. The van der Waals surface area contributed by atoms with Gasteiger partial charge in [0.05, 0.1) is 23.1 Å². The first kappa shape index (κ1) is 17.4. The molecule has 2 heterocycles. The molecule has 0 N–H and O–H groups in total. The summed E-state index contributed by atoms with van der Waals surface area (Å²) < 4.78 is 1.80. The summed E-state index contributed by atoms with van der Waals surface area (Å²) in [5.74, 6) is 0. The van der Waals surface area contributed by atoms with Crippen molar-refractivity contribution in [1.82, 2.24) is 0 Å².